The van der Waals surface area contributed by atoms with E-state index in [1.165, 1.54) is 0 Å². The minimum Gasteiger partial charge on any atom is -0.354 e. The van der Waals surface area contributed by atoms with Crippen molar-refractivity contribution in [2.75, 3.05) is 37.7 Å². The van der Waals surface area contributed by atoms with Crippen LogP contribution in [0.15, 0.2) is 64.5 Å². The number of rotatable bonds is 6. The summed E-state index contributed by atoms with van der Waals surface area (Å²) in [6.07, 6.45) is 0.945. The van der Waals surface area contributed by atoms with Gasteiger partial charge in [-0.1, -0.05) is 66.1 Å². The number of para-hydroxylation sites is 2. The van der Waals surface area contributed by atoms with E-state index in [1.807, 2.05) is 59.5 Å². The van der Waals surface area contributed by atoms with E-state index in [9.17, 15) is 9.59 Å². The normalized spacial score (nSPS) is 14.0. The predicted octanol–water partition coefficient (Wildman–Crippen LogP) is 4.05. The van der Waals surface area contributed by atoms with Crippen LogP contribution in [0.3, 0.4) is 0 Å². The third-order valence-corrected chi connectivity index (χ3v) is 8.12. The molecule has 1 aliphatic heterocycles. The first kappa shape index (κ1) is 23.8. The van der Waals surface area contributed by atoms with E-state index >= 15 is 0 Å². The van der Waals surface area contributed by atoms with Gasteiger partial charge in [-0.05, 0) is 30.7 Å². The number of carbonyl (C=O) groups is 1. The van der Waals surface area contributed by atoms with Gasteiger partial charge in [0.15, 0.2) is 5.16 Å². The van der Waals surface area contributed by atoms with Crippen molar-refractivity contribution in [1.29, 1.82) is 0 Å². The molecule has 33 heavy (non-hydrogen) atoms. The van der Waals surface area contributed by atoms with Crippen molar-refractivity contribution in [1.82, 2.24) is 19.4 Å². The summed E-state index contributed by atoms with van der Waals surface area (Å²) in [5.41, 5.74) is 1.50. The molecule has 0 bridgehead atoms. The zero-order chi connectivity index (χ0) is 23.2. The number of amides is 1. The molecule has 0 radical (unpaired) electrons. The fraction of sp³-hybridized carbons (Fsp3) is 0.333. The summed E-state index contributed by atoms with van der Waals surface area (Å²) in [4.78, 5) is 33.6. The lowest BCUT2D eigenvalue weighted by Gasteiger charge is -2.35. The van der Waals surface area contributed by atoms with Gasteiger partial charge in [0.2, 0.25) is 5.91 Å². The summed E-state index contributed by atoms with van der Waals surface area (Å²) >= 11 is 8.88. The van der Waals surface area contributed by atoms with Crippen molar-refractivity contribution >= 4 is 56.9 Å². The van der Waals surface area contributed by atoms with E-state index in [-0.39, 0.29) is 11.5 Å². The number of thioether (sulfide) groups is 2. The summed E-state index contributed by atoms with van der Waals surface area (Å²) in [5, 5.41) is 1.33. The van der Waals surface area contributed by atoms with Gasteiger partial charge in [0, 0.05) is 44.6 Å². The van der Waals surface area contributed by atoms with Crippen LogP contribution in [0.1, 0.15) is 13.3 Å². The highest BCUT2D eigenvalue weighted by molar-refractivity contribution is 8.22. The van der Waals surface area contributed by atoms with Crippen LogP contribution in [0, 0.1) is 0 Å². The van der Waals surface area contributed by atoms with Crippen LogP contribution in [0.5, 0.6) is 0 Å². The predicted molar refractivity (Wildman–Crippen MR) is 142 cm³/mol. The van der Waals surface area contributed by atoms with Gasteiger partial charge in [0.1, 0.15) is 4.32 Å². The maximum atomic E-state index is 13.2. The summed E-state index contributed by atoms with van der Waals surface area (Å²) in [6.45, 7) is 4.67. The van der Waals surface area contributed by atoms with Crippen LogP contribution in [0.25, 0.3) is 16.6 Å². The second-order valence-electron chi connectivity index (χ2n) is 7.70. The lowest BCUT2D eigenvalue weighted by atomic mass is 10.2. The first-order valence-corrected chi connectivity index (χ1v) is 13.3. The molecular formula is C24H26N4O2S3. The molecule has 0 saturated carbocycles. The Bertz CT molecular complexity index is 1190. The minimum atomic E-state index is -0.0467. The highest BCUT2D eigenvalue weighted by atomic mass is 32.2. The van der Waals surface area contributed by atoms with E-state index in [1.54, 1.807) is 35.0 Å². The summed E-state index contributed by atoms with van der Waals surface area (Å²) < 4.78 is 2.60. The molecule has 0 N–H and O–H groups in total. The molecule has 0 unspecified atom stereocenters. The van der Waals surface area contributed by atoms with Crippen LogP contribution in [-0.2, 0) is 4.79 Å². The lowest BCUT2D eigenvalue weighted by molar-refractivity contribution is -0.130. The van der Waals surface area contributed by atoms with Crippen LogP contribution in [-0.4, -0.2) is 67.3 Å². The van der Waals surface area contributed by atoms with Gasteiger partial charge in [-0.2, -0.15) is 0 Å². The molecule has 9 heteroatoms. The van der Waals surface area contributed by atoms with Gasteiger partial charge in [0.05, 0.1) is 16.6 Å². The molecule has 0 spiro atoms. The van der Waals surface area contributed by atoms with Crippen molar-refractivity contribution in [2.45, 2.75) is 18.5 Å². The Morgan fingerprint density at radius 3 is 2.36 bits per heavy atom. The molecule has 1 amide bonds. The molecule has 1 saturated heterocycles. The van der Waals surface area contributed by atoms with Crippen molar-refractivity contribution in [3.05, 3.63) is 65.0 Å². The molecule has 1 aliphatic rings. The average molecular weight is 499 g/mol. The van der Waals surface area contributed by atoms with Crippen molar-refractivity contribution in [2.24, 2.45) is 0 Å². The number of hydrogen-bond acceptors (Lipinski definition) is 6. The van der Waals surface area contributed by atoms with Crippen molar-refractivity contribution in [3.8, 4) is 5.69 Å². The molecule has 0 atom stereocenters. The van der Waals surface area contributed by atoms with Gasteiger partial charge in [-0.3, -0.25) is 14.2 Å². The minimum absolute atomic E-state index is 0.0467. The van der Waals surface area contributed by atoms with E-state index in [2.05, 4.69) is 4.90 Å². The standard InChI is InChI=1S/C24H26N4O2S3/c1-18(29)26-12-14-27(15-13-26)24(31)33-17-7-16-32-23-25-21-11-6-5-10-20(21)22(30)28(23)19-8-3-2-4-9-19/h2-6,8-11H,7,12-17H2,1H3. The monoisotopic (exact) mass is 498 g/mol. The highest BCUT2D eigenvalue weighted by Gasteiger charge is 2.20. The first-order chi connectivity index (χ1) is 16.0. The van der Waals surface area contributed by atoms with Gasteiger partial charge in [-0.25, -0.2) is 4.98 Å². The Morgan fingerprint density at radius 1 is 0.970 bits per heavy atom. The molecule has 4 rings (SSSR count). The third kappa shape index (κ3) is 5.77. The topological polar surface area (TPSA) is 58.4 Å². The molecule has 2 aromatic carbocycles. The number of carbonyl (C=O) groups excluding carboxylic acids is 1. The Kier molecular flexibility index (Phi) is 8.06. The molecule has 6 nitrogen and oxygen atoms in total. The van der Waals surface area contributed by atoms with E-state index in [0.717, 1.165) is 59.6 Å². The maximum Gasteiger partial charge on any atom is 0.266 e. The lowest BCUT2D eigenvalue weighted by Crippen LogP contribution is -2.49. The second kappa shape index (κ2) is 11.2. The fourth-order valence-corrected chi connectivity index (χ4v) is 6.09. The highest BCUT2D eigenvalue weighted by Crippen LogP contribution is 2.23. The van der Waals surface area contributed by atoms with Crippen LogP contribution in [0.2, 0.25) is 0 Å². The average Bonchev–Trinajstić information content (AvgIpc) is 2.84. The maximum absolute atomic E-state index is 13.2. The van der Waals surface area contributed by atoms with Crippen molar-refractivity contribution in [3.63, 3.8) is 0 Å². The smallest absolute Gasteiger partial charge is 0.266 e. The Morgan fingerprint density at radius 2 is 1.64 bits per heavy atom. The van der Waals surface area contributed by atoms with Crippen LogP contribution >= 0.6 is 35.7 Å². The van der Waals surface area contributed by atoms with E-state index in [0.29, 0.717) is 10.5 Å². The Balaban J connectivity index is 1.36. The fourth-order valence-electron chi connectivity index (χ4n) is 3.69. The molecule has 172 valence electrons. The number of thiocarbonyl (C=S) groups is 1. The largest absolute Gasteiger partial charge is 0.354 e. The zero-order valence-corrected chi connectivity index (χ0v) is 20.9. The van der Waals surface area contributed by atoms with Gasteiger partial charge >= 0.3 is 0 Å². The number of piperazine rings is 1. The molecule has 0 aliphatic carbocycles. The Labute approximate surface area is 207 Å². The van der Waals surface area contributed by atoms with Crippen LogP contribution < -0.4 is 5.56 Å². The van der Waals surface area contributed by atoms with Gasteiger partial charge < -0.3 is 9.80 Å². The Hall–Kier alpha value is -2.36. The SMILES string of the molecule is CC(=O)N1CCN(C(=S)SCCCSc2nc3ccccc3c(=O)n2-c2ccccc2)CC1. The number of benzene rings is 2. The summed E-state index contributed by atoms with van der Waals surface area (Å²) in [7, 11) is 0. The number of fused-ring (bicyclic) bond motifs is 1. The zero-order valence-electron chi connectivity index (χ0n) is 18.5. The van der Waals surface area contributed by atoms with E-state index in [4.69, 9.17) is 17.2 Å². The van der Waals surface area contributed by atoms with Gasteiger partial charge in [-0.15, -0.1) is 0 Å². The number of nitrogens with zero attached hydrogens (tertiary/aromatic N) is 4. The molecular weight excluding hydrogens is 472 g/mol. The first-order valence-electron chi connectivity index (χ1n) is 10.9. The summed E-state index contributed by atoms with van der Waals surface area (Å²) in [5.74, 6) is 1.87. The summed E-state index contributed by atoms with van der Waals surface area (Å²) in [6, 6.07) is 17.2. The van der Waals surface area contributed by atoms with Crippen LogP contribution in [0.4, 0.5) is 0 Å². The van der Waals surface area contributed by atoms with Gasteiger partial charge in [0.25, 0.3) is 5.56 Å². The third-order valence-electron chi connectivity index (χ3n) is 5.49. The van der Waals surface area contributed by atoms with Crippen molar-refractivity contribution < 1.29 is 4.79 Å². The quantitative estimate of drug-likeness (QED) is 0.220. The van der Waals surface area contributed by atoms with E-state index < -0.39 is 0 Å². The molecule has 2 heterocycles. The second-order valence-corrected chi connectivity index (χ2v) is 10.5. The number of aromatic nitrogens is 2. The molecule has 1 fully saturated rings. The number of hydrogen-bond donors (Lipinski definition) is 0. The molecule has 3 aromatic rings. The molecule has 1 aromatic heterocycles.